The highest BCUT2D eigenvalue weighted by atomic mass is 32.2. The van der Waals surface area contributed by atoms with Gasteiger partial charge < -0.3 is 4.57 Å². The van der Waals surface area contributed by atoms with Crippen LogP contribution in [-0.2, 0) is 13.5 Å². The third kappa shape index (κ3) is 2.12. The Morgan fingerprint density at radius 1 is 1.35 bits per heavy atom. The summed E-state index contributed by atoms with van der Waals surface area (Å²) in [7, 11) is 2.06. The van der Waals surface area contributed by atoms with Gasteiger partial charge in [0.05, 0.1) is 0 Å². The molecule has 2 aromatic rings. The van der Waals surface area contributed by atoms with Crippen LogP contribution in [-0.4, -0.2) is 9.55 Å². The summed E-state index contributed by atoms with van der Waals surface area (Å²) in [5.74, 6) is 0. The van der Waals surface area contributed by atoms with E-state index in [1.807, 2.05) is 24.2 Å². The zero-order chi connectivity index (χ0) is 11.7. The Balaban J connectivity index is 1.88. The summed E-state index contributed by atoms with van der Waals surface area (Å²) >= 11 is 1.89. The van der Waals surface area contributed by atoms with Gasteiger partial charge in [0, 0.05) is 24.7 Å². The van der Waals surface area contributed by atoms with Gasteiger partial charge in [0.1, 0.15) is 0 Å². The number of hydrogen-bond donors (Lipinski definition) is 0. The highest BCUT2D eigenvalue weighted by Gasteiger charge is 2.21. The van der Waals surface area contributed by atoms with Gasteiger partial charge in [0.15, 0.2) is 5.16 Å². The second-order valence-electron chi connectivity index (χ2n) is 4.52. The van der Waals surface area contributed by atoms with Crippen molar-refractivity contribution in [2.45, 2.75) is 29.7 Å². The predicted octanol–water partition coefficient (Wildman–Crippen LogP) is 3.59. The molecule has 1 aliphatic rings. The number of nitrogens with zero attached hydrogens (tertiary/aromatic N) is 2. The first-order valence-electron chi connectivity index (χ1n) is 6.06. The number of aromatic nitrogens is 2. The summed E-state index contributed by atoms with van der Waals surface area (Å²) < 4.78 is 2.10. The van der Waals surface area contributed by atoms with Gasteiger partial charge in [-0.3, -0.25) is 0 Å². The summed E-state index contributed by atoms with van der Waals surface area (Å²) in [6, 6.07) is 8.83. The molecule has 0 aliphatic heterocycles. The van der Waals surface area contributed by atoms with Crippen LogP contribution in [0.25, 0.3) is 0 Å². The summed E-state index contributed by atoms with van der Waals surface area (Å²) in [6.45, 7) is 0. The lowest BCUT2D eigenvalue weighted by atomic mass is 9.91. The van der Waals surface area contributed by atoms with Crippen molar-refractivity contribution in [3.63, 3.8) is 0 Å². The van der Waals surface area contributed by atoms with Gasteiger partial charge in [-0.15, -0.1) is 0 Å². The Labute approximate surface area is 106 Å². The van der Waals surface area contributed by atoms with Crippen molar-refractivity contribution in [3.8, 4) is 0 Å². The van der Waals surface area contributed by atoms with Crippen LogP contribution in [0.4, 0.5) is 0 Å². The number of fused-ring (bicyclic) bond motifs is 1. The summed E-state index contributed by atoms with van der Waals surface area (Å²) in [5.41, 5.74) is 3.03. The fourth-order valence-corrected chi connectivity index (χ4v) is 3.67. The number of imidazole rings is 1. The zero-order valence-electron chi connectivity index (χ0n) is 9.97. The minimum absolute atomic E-state index is 0.570. The third-order valence-corrected chi connectivity index (χ3v) is 4.72. The maximum atomic E-state index is 4.41. The van der Waals surface area contributed by atoms with Crippen LogP contribution in [0.5, 0.6) is 0 Å². The molecule has 1 heterocycles. The van der Waals surface area contributed by atoms with Crippen molar-refractivity contribution in [1.29, 1.82) is 0 Å². The molecule has 2 nitrogen and oxygen atoms in total. The smallest absolute Gasteiger partial charge is 0.168 e. The molecule has 1 aliphatic carbocycles. The van der Waals surface area contributed by atoms with Crippen LogP contribution in [0, 0.1) is 0 Å². The topological polar surface area (TPSA) is 17.8 Å². The second kappa shape index (κ2) is 4.57. The SMILES string of the molecule is Cn1ccnc1SC1CCCc2ccccc21. The van der Waals surface area contributed by atoms with Gasteiger partial charge in [0.2, 0.25) is 0 Å². The summed E-state index contributed by atoms with van der Waals surface area (Å²) in [4.78, 5) is 4.41. The lowest BCUT2D eigenvalue weighted by Gasteiger charge is -2.24. The molecule has 1 atom stereocenters. The Kier molecular flexibility index (Phi) is 2.93. The van der Waals surface area contributed by atoms with E-state index in [1.165, 1.54) is 30.4 Å². The average Bonchev–Trinajstić information content (AvgIpc) is 2.76. The Morgan fingerprint density at radius 2 is 2.24 bits per heavy atom. The van der Waals surface area contributed by atoms with Crippen LogP contribution in [0.15, 0.2) is 41.8 Å². The van der Waals surface area contributed by atoms with Gasteiger partial charge in [-0.2, -0.15) is 0 Å². The van der Waals surface area contributed by atoms with Crippen molar-refractivity contribution in [1.82, 2.24) is 9.55 Å². The largest absolute Gasteiger partial charge is 0.329 e. The van der Waals surface area contributed by atoms with Crippen LogP contribution >= 0.6 is 11.8 Å². The molecule has 1 aromatic heterocycles. The zero-order valence-corrected chi connectivity index (χ0v) is 10.8. The molecule has 0 radical (unpaired) electrons. The molecule has 3 heteroatoms. The molecule has 0 saturated heterocycles. The van der Waals surface area contributed by atoms with E-state index in [1.54, 1.807) is 0 Å². The fraction of sp³-hybridized carbons (Fsp3) is 0.357. The van der Waals surface area contributed by atoms with Gasteiger partial charge in [0.25, 0.3) is 0 Å². The maximum absolute atomic E-state index is 4.41. The van der Waals surface area contributed by atoms with E-state index >= 15 is 0 Å². The van der Waals surface area contributed by atoms with Crippen LogP contribution in [0.3, 0.4) is 0 Å². The van der Waals surface area contributed by atoms with Gasteiger partial charge in [-0.05, 0) is 30.4 Å². The first-order chi connectivity index (χ1) is 8.34. The molecule has 88 valence electrons. The Morgan fingerprint density at radius 3 is 3.06 bits per heavy atom. The second-order valence-corrected chi connectivity index (χ2v) is 5.69. The minimum Gasteiger partial charge on any atom is -0.329 e. The van der Waals surface area contributed by atoms with Gasteiger partial charge in [-0.25, -0.2) is 4.98 Å². The van der Waals surface area contributed by atoms with Crippen molar-refractivity contribution in [3.05, 3.63) is 47.8 Å². The third-order valence-electron chi connectivity index (χ3n) is 3.34. The number of thioether (sulfide) groups is 1. The molecular weight excluding hydrogens is 228 g/mol. The number of rotatable bonds is 2. The first kappa shape index (κ1) is 10.9. The number of benzene rings is 1. The van der Waals surface area contributed by atoms with E-state index in [4.69, 9.17) is 0 Å². The summed E-state index contributed by atoms with van der Waals surface area (Å²) in [5, 5.41) is 1.69. The van der Waals surface area contributed by atoms with Gasteiger partial charge in [-0.1, -0.05) is 36.0 Å². The Hall–Kier alpha value is -1.22. The molecule has 1 unspecified atom stereocenters. The molecule has 0 N–H and O–H groups in total. The van der Waals surface area contributed by atoms with Crippen molar-refractivity contribution >= 4 is 11.8 Å². The number of hydrogen-bond acceptors (Lipinski definition) is 2. The summed E-state index contributed by atoms with van der Waals surface area (Å²) in [6.07, 6.45) is 7.66. The highest BCUT2D eigenvalue weighted by molar-refractivity contribution is 7.99. The van der Waals surface area contributed by atoms with E-state index in [2.05, 4.69) is 40.9 Å². The van der Waals surface area contributed by atoms with E-state index in [9.17, 15) is 0 Å². The van der Waals surface area contributed by atoms with Crippen molar-refractivity contribution < 1.29 is 0 Å². The molecule has 0 bridgehead atoms. The molecule has 0 amide bonds. The predicted molar refractivity (Wildman–Crippen MR) is 71.2 cm³/mol. The molecule has 17 heavy (non-hydrogen) atoms. The van der Waals surface area contributed by atoms with Crippen molar-refractivity contribution in [2.24, 2.45) is 7.05 Å². The minimum atomic E-state index is 0.570. The van der Waals surface area contributed by atoms with Crippen LogP contribution < -0.4 is 0 Å². The molecule has 0 fully saturated rings. The molecule has 0 spiro atoms. The van der Waals surface area contributed by atoms with Crippen molar-refractivity contribution in [2.75, 3.05) is 0 Å². The average molecular weight is 244 g/mol. The lowest BCUT2D eigenvalue weighted by Crippen LogP contribution is -2.07. The van der Waals surface area contributed by atoms with E-state index in [0.29, 0.717) is 5.25 Å². The number of aryl methyl sites for hydroxylation is 2. The molecule has 1 aromatic carbocycles. The fourth-order valence-electron chi connectivity index (χ4n) is 2.42. The quantitative estimate of drug-likeness (QED) is 0.803. The van der Waals surface area contributed by atoms with E-state index < -0.39 is 0 Å². The molecular formula is C14H16N2S. The van der Waals surface area contributed by atoms with Gasteiger partial charge >= 0.3 is 0 Å². The van der Waals surface area contributed by atoms with E-state index in [0.717, 1.165) is 5.16 Å². The van der Waals surface area contributed by atoms with Crippen LogP contribution in [0.2, 0.25) is 0 Å². The Bertz CT molecular complexity index is 518. The maximum Gasteiger partial charge on any atom is 0.168 e. The standard InChI is InChI=1S/C14H16N2S/c1-16-10-9-15-14(16)17-13-8-4-6-11-5-2-3-7-12(11)13/h2-3,5,7,9-10,13H,4,6,8H2,1H3. The highest BCUT2D eigenvalue weighted by Crippen LogP contribution is 2.42. The normalized spacial score (nSPS) is 19.0. The molecule has 3 rings (SSSR count). The van der Waals surface area contributed by atoms with Crippen LogP contribution in [0.1, 0.15) is 29.2 Å². The lowest BCUT2D eigenvalue weighted by molar-refractivity contribution is 0.668. The first-order valence-corrected chi connectivity index (χ1v) is 6.94. The molecule has 0 saturated carbocycles. The monoisotopic (exact) mass is 244 g/mol. The van der Waals surface area contributed by atoms with E-state index in [-0.39, 0.29) is 0 Å².